The minimum atomic E-state index is -1.61. The van der Waals surface area contributed by atoms with E-state index in [0.29, 0.717) is 4.90 Å². The van der Waals surface area contributed by atoms with E-state index in [1.807, 2.05) is 0 Å². The first-order valence-electron chi connectivity index (χ1n) is 4.54. The van der Waals surface area contributed by atoms with Gasteiger partial charge in [-0.05, 0) is 59.2 Å². The lowest BCUT2D eigenvalue weighted by Crippen LogP contribution is -2.18. The number of thioether (sulfide) groups is 1. The molecular formula is C10H12ClNO3S2. The second-order valence-corrected chi connectivity index (χ2v) is 9.49. The maximum atomic E-state index is 11.5. The molecule has 0 aliphatic heterocycles. The molecule has 7 heteroatoms. The normalized spacial score (nSPS) is 11.9. The van der Waals surface area contributed by atoms with Crippen LogP contribution in [0.4, 0.5) is 4.79 Å². The molecule has 1 aromatic rings. The van der Waals surface area contributed by atoms with Crippen molar-refractivity contribution in [3.8, 4) is 0 Å². The Balaban J connectivity index is 2.64. The Bertz CT molecular complexity index is 428. The number of carboxylic acid groups (broad SMARTS) is 1. The van der Waals surface area contributed by atoms with Gasteiger partial charge >= 0.3 is 5.97 Å². The Kier molecular flexibility index (Phi) is 4.73. The zero-order valence-electron chi connectivity index (χ0n) is 9.27. The lowest BCUT2D eigenvalue weighted by atomic mass is 10.2. The molecule has 2 N–H and O–H groups in total. The van der Waals surface area contributed by atoms with Gasteiger partial charge in [0.1, 0.15) is 0 Å². The Labute approximate surface area is 110 Å². The van der Waals surface area contributed by atoms with Crippen LogP contribution >= 0.6 is 31.9 Å². The molecule has 0 bridgehead atoms. The fourth-order valence-electron chi connectivity index (χ4n) is 0.992. The number of hydrogen-bond acceptors (Lipinski definition) is 3. The molecule has 0 fully saturated rings. The zero-order valence-corrected chi connectivity index (χ0v) is 11.7. The molecule has 1 rings (SSSR count). The third-order valence-electron chi connectivity index (χ3n) is 1.64. The quantitative estimate of drug-likeness (QED) is 0.839. The summed E-state index contributed by atoms with van der Waals surface area (Å²) in [6, 6.07) is 6.09. The van der Waals surface area contributed by atoms with Crippen molar-refractivity contribution in [3.05, 3.63) is 29.8 Å². The molecule has 0 saturated heterocycles. The van der Waals surface area contributed by atoms with Crippen molar-refractivity contribution >= 4 is 43.1 Å². The van der Waals surface area contributed by atoms with E-state index >= 15 is 0 Å². The van der Waals surface area contributed by atoms with Gasteiger partial charge in [-0.25, -0.2) is 4.79 Å². The van der Waals surface area contributed by atoms with Crippen molar-refractivity contribution in [1.82, 2.24) is 4.72 Å². The summed E-state index contributed by atoms with van der Waals surface area (Å²) < 4.78 is 2.66. The SMILES string of the molecule is CS(C)(Cl)NC(=O)Sc1ccc(C(=O)O)cc1. The summed E-state index contributed by atoms with van der Waals surface area (Å²) in [7, 11) is 4.31. The number of carboxylic acids is 1. The van der Waals surface area contributed by atoms with E-state index in [9.17, 15) is 9.59 Å². The van der Waals surface area contributed by atoms with Gasteiger partial charge in [0.05, 0.1) is 5.56 Å². The minimum Gasteiger partial charge on any atom is -0.478 e. The molecule has 1 amide bonds. The first kappa shape index (κ1) is 14.2. The van der Waals surface area contributed by atoms with Gasteiger partial charge in [0.25, 0.3) is 5.24 Å². The summed E-state index contributed by atoms with van der Waals surface area (Å²) in [6.07, 6.45) is 3.50. The Morgan fingerprint density at radius 3 is 2.24 bits per heavy atom. The second-order valence-electron chi connectivity index (χ2n) is 3.52. The van der Waals surface area contributed by atoms with Crippen LogP contribution in [0.5, 0.6) is 0 Å². The molecule has 0 aliphatic carbocycles. The van der Waals surface area contributed by atoms with E-state index in [-0.39, 0.29) is 10.8 Å². The van der Waals surface area contributed by atoms with Crippen molar-refractivity contribution < 1.29 is 14.7 Å². The van der Waals surface area contributed by atoms with Crippen molar-refractivity contribution in [3.63, 3.8) is 0 Å². The third-order valence-corrected chi connectivity index (χ3v) is 3.46. The molecule has 17 heavy (non-hydrogen) atoms. The van der Waals surface area contributed by atoms with Gasteiger partial charge in [-0.15, -0.1) is 0 Å². The number of aromatic carboxylic acids is 1. The molecule has 0 unspecified atom stereocenters. The minimum absolute atomic E-state index is 0.193. The van der Waals surface area contributed by atoms with E-state index in [1.54, 1.807) is 24.6 Å². The molecule has 0 atom stereocenters. The van der Waals surface area contributed by atoms with Gasteiger partial charge in [0.15, 0.2) is 0 Å². The van der Waals surface area contributed by atoms with E-state index < -0.39 is 15.4 Å². The highest BCUT2D eigenvalue weighted by molar-refractivity contribution is 8.49. The fraction of sp³-hybridized carbons (Fsp3) is 0.200. The third kappa shape index (κ3) is 5.34. The molecule has 0 heterocycles. The van der Waals surface area contributed by atoms with Crippen LogP contribution in [0.3, 0.4) is 0 Å². The highest BCUT2D eigenvalue weighted by Gasteiger charge is 2.12. The number of halogens is 1. The lowest BCUT2D eigenvalue weighted by molar-refractivity contribution is 0.0697. The molecule has 1 aromatic carbocycles. The molecule has 0 radical (unpaired) electrons. The van der Waals surface area contributed by atoms with Gasteiger partial charge < -0.3 is 5.11 Å². The standard InChI is InChI=1S/C10H12ClNO3S2/c1-17(2,11)12-10(15)16-8-5-3-7(4-6-8)9(13)14/h3-6H,1-2H3,(H,12,15)(H,13,14). The summed E-state index contributed by atoms with van der Waals surface area (Å²) in [5.41, 5.74) is 0.193. The fourth-order valence-corrected chi connectivity index (χ4v) is 3.01. The number of carbonyl (C=O) groups excluding carboxylic acids is 1. The number of benzene rings is 1. The number of rotatable bonds is 3. The van der Waals surface area contributed by atoms with Crippen LogP contribution in [-0.2, 0) is 0 Å². The van der Waals surface area contributed by atoms with Crippen molar-refractivity contribution in [2.24, 2.45) is 0 Å². The number of carbonyl (C=O) groups is 2. The molecule has 94 valence electrons. The largest absolute Gasteiger partial charge is 0.478 e. The predicted octanol–water partition coefficient (Wildman–Crippen LogP) is 3.32. The monoisotopic (exact) mass is 293 g/mol. The summed E-state index contributed by atoms with van der Waals surface area (Å²) in [5, 5.41) is 8.46. The average molecular weight is 294 g/mol. The maximum Gasteiger partial charge on any atom is 0.335 e. The second kappa shape index (κ2) is 5.66. The Morgan fingerprint density at radius 2 is 1.82 bits per heavy atom. The van der Waals surface area contributed by atoms with Gasteiger partial charge in [-0.3, -0.25) is 9.52 Å². The number of nitrogens with one attached hydrogen (secondary N) is 1. The van der Waals surface area contributed by atoms with Gasteiger partial charge in [0, 0.05) is 4.90 Å². The summed E-state index contributed by atoms with van der Waals surface area (Å²) in [6.45, 7) is 0. The molecule has 0 aliphatic rings. The molecule has 0 aromatic heterocycles. The topological polar surface area (TPSA) is 66.4 Å². The van der Waals surface area contributed by atoms with Crippen LogP contribution in [0.1, 0.15) is 10.4 Å². The van der Waals surface area contributed by atoms with Crippen LogP contribution in [0.2, 0.25) is 0 Å². The van der Waals surface area contributed by atoms with Crippen LogP contribution in [0.15, 0.2) is 29.2 Å². The zero-order chi connectivity index (χ0) is 13.1. The summed E-state index contributed by atoms with van der Waals surface area (Å²) >= 11 is 0.984. The maximum absolute atomic E-state index is 11.5. The molecule has 0 spiro atoms. The number of hydrogen-bond donors (Lipinski definition) is 2. The highest BCUT2D eigenvalue weighted by Crippen LogP contribution is 2.41. The van der Waals surface area contributed by atoms with E-state index in [0.717, 1.165) is 11.8 Å². The Hall–Kier alpha value is -0.850. The first-order valence-corrected chi connectivity index (χ1v) is 8.63. The van der Waals surface area contributed by atoms with Crippen molar-refractivity contribution in [2.45, 2.75) is 4.90 Å². The average Bonchev–Trinajstić information content (AvgIpc) is 2.15. The first-order chi connectivity index (χ1) is 7.78. The lowest BCUT2D eigenvalue weighted by Gasteiger charge is -2.22. The predicted molar refractivity (Wildman–Crippen MR) is 73.1 cm³/mol. The Morgan fingerprint density at radius 1 is 1.29 bits per heavy atom. The molecule has 4 nitrogen and oxygen atoms in total. The smallest absolute Gasteiger partial charge is 0.335 e. The van der Waals surface area contributed by atoms with Crippen molar-refractivity contribution in [2.75, 3.05) is 12.5 Å². The molecular weight excluding hydrogens is 282 g/mol. The van der Waals surface area contributed by atoms with E-state index in [4.69, 9.17) is 15.8 Å². The summed E-state index contributed by atoms with van der Waals surface area (Å²) in [5.74, 6) is -0.989. The van der Waals surface area contributed by atoms with Gasteiger partial charge in [0.2, 0.25) is 0 Å². The van der Waals surface area contributed by atoms with Crippen molar-refractivity contribution in [1.29, 1.82) is 0 Å². The van der Waals surface area contributed by atoms with Gasteiger partial charge in [-0.2, -0.15) is 0 Å². The van der Waals surface area contributed by atoms with Crippen LogP contribution in [0.25, 0.3) is 0 Å². The van der Waals surface area contributed by atoms with E-state index in [1.165, 1.54) is 12.1 Å². The summed E-state index contributed by atoms with van der Waals surface area (Å²) in [4.78, 5) is 22.8. The number of amides is 1. The van der Waals surface area contributed by atoms with Crippen LogP contribution in [0, 0.1) is 0 Å². The van der Waals surface area contributed by atoms with Crippen LogP contribution in [-0.4, -0.2) is 28.8 Å². The molecule has 0 saturated carbocycles. The van der Waals surface area contributed by atoms with E-state index in [2.05, 4.69) is 4.72 Å². The van der Waals surface area contributed by atoms with Crippen LogP contribution < -0.4 is 4.72 Å². The highest BCUT2D eigenvalue weighted by atomic mass is 35.7. The van der Waals surface area contributed by atoms with Gasteiger partial charge in [-0.1, -0.05) is 9.43 Å².